The summed E-state index contributed by atoms with van der Waals surface area (Å²) >= 11 is 0. The normalized spacial score (nSPS) is 16.0. The van der Waals surface area contributed by atoms with Gasteiger partial charge in [0.05, 0.1) is 28.9 Å². The first-order valence-corrected chi connectivity index (χ1v) is 11.2. The minimum absolute atomic E-state index is 0.142. The second-order valence-electron chi connectivity index (χ2n) is 9.43. The molecule has 2 aromatic heterocycles. The summed E-state index contributed by atoms with van der Waals surface area (Å²) in [6.07, 6.45) is 1.69. The lowest BCUT2D eigenvalue weighted by molar-refractivity contribution is 0.0275. The molecule has 2 amide bonds. The molecule has 180 valence electrons. The largest absolute Gasteiger partial charge is 0.488 e. The van der Waals surface area contributed by atoms with Gasteiger partial charge in [-0.2, -0.15) is 5.10 Å². The Hall–Kier alpha value is -3.82. The summed E-state index contributed by atoms with van der Waals surface area (Å²) in [6.45, 7) is 8.44. The van der Waals surface area contributed by atoms with Crippen LogP contribution in [0.15, 0.2) is 30.5 Å². The van der Waals surface area contributed by atoms with E-state index >= 15 is 0 Å². The molecule has 34 heavy (non-hydrogen) atoms. The van der Waals surface area contributed by atoms with Gasteiger partial charge in [0, 0.05) is 38.0 Å². The number of ether oxygens (including phenoxy) is 2. The van der Waals surface area contributed by atoms with Crippen molar-refractivity contribution in [3.8, 4) is 5.75 Å². The van der Waals surface area contributed by atoms with E-state index in [1.807, 2.05) is 52.0 Å². The third kappa shape index (κ3) is 4.90. The summed E-state index contributed by atoms with van der Waals surface area (Å²) in [5.41, 5.74) is 8.01. The Morgan fingerprint density at radius 2 is 2.03 bits per heavy atom. The SMILES string of the molecule is Cc1nn(C)c2ncc(C(N)=O)c(Nc3cccc(O[C@H]4CCN(C(=O)OC(C)(C)C)C4)c3)c12. The third-order valence-electron chi connectivity index (χ3n) is 5.50. The van der Waals surface area contributed by atoms with Gasteiger partial charge in [-0.25, -0.2) is 9.78 Å². The van der Waals surface area contributed by atoms with Gasteiger partial charge in [0.2, 0.25) is 0 Å². The van der Waals surface area contributed by atoms with Crippen LogP contribution < -0.4 is 15.8 Å². The number of benzene rings is 1. The van der Waals surface area contributed by atoms with Crippen molar-refractivity contribution in [3.63, 3.8) is 0 Å². The van der Waals surface area contributed by atoms with Crippen molar-refractivity contribution in [3.05, 3.63) is 41.7 Å². The van der Waals surface area contributed by atoms with Gasteiger partial charge in [-0.15, -0.1) is 0 Å². The first-order chi connectivity index (χ1) is 16.0. The van der Waals surface area contributed by atoms with Crippen LogP contribution >= 0.6 is 0 Å². The molecule has 0 saturated carbocycles. The zero-order chi connectivity index (χ0) is 24.6. The highest BCUT2D eigenvalue weighted by atomic mass is 16.6. The van der Waals surface area contributed by atoms with Gasteiger partial charge in [-0.3, -0.25) is 9.48 Å². The number of carbonyl (C=O) groups is 2. The fraction of sp³-hybridized carbons (Fsp3) is 0.417. The van der Waals surface area contributed by atoms with Crippen LogP contribution in [0.1, 0.15) is 43.2 Å². The van der Waals surface area contributed by atoms with Gasteiger partial charge in [0.15, 0.2) is 5.65 Å². The molecule has 0 unspecified atom stereocenters. The van der Waals surface area contributed by atoms with E-state index in [2.05, 4.69) is 15.4 Å². The highest BCUT2D eigenvalue weighted by molar-refractivity contribution is 6.07. The highest BCUT2D eigenvalue weighted by Crippen LogP contribution is 2.32. The maximum absolute atomic E-state index is 12.3. The second kappa shape index (κ2) is 8.85. The monoisotopic (exact) mass is 466 g/mol. The molecule has 4 rings (SSSR count). The van der Waals surface area contributed by atoms with Crippen LogP contribution in [0.4, 0.5) is 16.2 Å². The number of hydrogen-bond donors (Lipinski definition) is 2. The van der Waals surface area contributed by atoms with Crippen molar-refractivity contribution >= 4 is 34.4 Å². The van der Waals surface area contributed by atoms with Crippen molar-refractivity contribution in [1.82, 2.24) is 19.7 Å². The van der Waals surface area contributed by atoms with Gasteiger partial charge >= 0.3 is 6.09 Å². The lowest BCUT2D eigenvalue weighted by Gasteiger charge is -2.24. The molecule has 1 fully saturated rings. The number of anilines is 2. The number of nitrogens with one attached hydrogen (secondary N) is 1. The van der Waals surface area contributed by atoms with Gasteiger partial charge in [0.25, 0.3) is 5.91 Å². The van der Waals surface area contributed by atoms with Crippen molar-refractivity contribution in [1.29, 1.82) is 0 Å². The fourth-order valence-corrected chi connectivity index (χ4v) is 4.03. The molecule has 0 aliphatic carbocycles. The van der Waals surface area contributed by atoms with Gasteiger partial charge in [-0.05, 0) is 39.8 Å². The Bertz CT molecular complexity index is 1250. The maximum atomic E-state index is 12.3. The van der Waals surface area contributed by atoms with Crippen LogP contribution in [0.2, 0.25) is 0 Å². The van der Waals surface area contributed by atoms with E-state index in [0.717, 1.165) is 16.8 Å². The number of fused-ring (bicyclic) bond motifs is 1. The third-order valence-corrected chi connectivity index (χ3v) is 5.50. The Labute approximate surface area is 198 Å². The minimum Gasteiger partial charge on any atom is -0.488 e. The van der Waals surface area contributed by atoms with Crippen molar-refractivity contribution in [2.45, 2.75) is 45.8 Å². The number of amides is 2. The molecule has 1 aromatic carbocycles. The molecule has 10 heteroatoms. The van der Waals surface area contributed by atoms with Gasteiger partial charge < -0.3 is 25.4 Å². The number of nitrogens with two attached hydrogens (primary N) is 1. The second-order valence-corrected chi connectivity index (χ2v) is 9.43. The molecular formula is C24H30N6O4. The first-order valence-electron chi connectivity index (χ1n) is 11.2. The van der Waals surface area contributed by atoms with Crippen molar-refractivity contribution in [2.24, 2.45) is 12.8 Å². The summed E-state index contributed by atoms with van der Waals surface area (Å²) in [7, 11) is 1.80. The zero-order valence-electron chi connectivity index (χ0n) is 20.1. The Morgan fingerprint density at radius 1 is 1.26 bits per heavy atom. The topological polar surface area (TPSA) is 125 Å². The molecule has 1 saturated heterocycles. The molecule has 0 spiro atoms. The lowest BCUT2D eigenvalue weighted by Crippen LogP contribution is -2.36. The number of pyridine rings is 1. The van der Waals surface area contributed by atoms with E-state index < -0.39 is 11.5 Å². The predicted octanol–water partition coefficient (Wildman–Crippen LogP) is 3.51. The van der Waals surface area contributed by atoms with E-state index in [-0.39, 0.29) is 17.8 Å². The average molecular weight is 467 g/mol. The van der Waals surface area contributed by atoms with Crippen LogP contribution in [0.3, 0.4) is 0 Å². The number of carbonyl (C=O) groups excluding carboxylic acids is 2. The van der Waals surface area contributed by atoms with E-state index in [9.17, 15) is 9.59 Å². The van der Waals surface area contributed by atoms with Gasteiger partial charge in [0.1, 0.15) is 17.5 Å². The Morgan fingerprint density at radius 3 is 2.74 bits per heavy atom. The quantitative estimate of drug-likeness (QED) is 0.589. The van der Waals surface area contributed by atoms with E-state index in [1.165, 1.54) is 6.20 Å². The molecule has 1 atom stereocenters. The van der Waals surface area contributed by atoms with Crippen molar-refractivity contribution in [2.75, 3.05) is 18.4 Å². The number of aromatic nitrogens is 3. The molecule has 3 N–H and O–H groups in total. The van der Waals surface area contributed by atoms with Crippen LogP contribution in [-0.4, -0.2) is 56.5 Å². The zero-order valence-corrected chi connectivity index (χ0v) is 20.1. The summed E-state index contributed by atoms with van der Waals surface area (Å²) in [6, 6.07) is 7.43. The van der Waals surface area contributed by atoms with E-state index in [1.54, 1.807) is 16.6 Å². The summed E-state index contributed by atoms with van der Waals surface area (Å²) in [4.78, 5) is 30.4. The standard InChI is InChI=1S/C24H30N6O4/c1-14-19-20(18(21(25)31)12-26-22(19)29(5)28-14)27-15-7-6-8-16(11-15)33-17-9-10-30(13-17)23(32)34-24(2,3)4/h6-8,11-12,17H,9-10,13H2,1-5H3,(H2,25,31)(H,26,27)/t17-/m0/s1. The molecular weight excluding hydrogens is 436 g/mol. The highest BCUT2D eigenvalue weighted by Gasteiger charge is 2.31. The minimum atomic E-state index is -0.583. The van der Waals surface area contributed by atoms with Crippen LogP contribution in [0.25, 0.3) is 11.0 Å². The number of primary amides is 1. The number of hydrogen-bond acceptors (Lipinski definition) is 7. The maximum Gasteiger partial charge on any atom is 0.410 e. The molecule has 3 aromatic rings. The van der Waals surface area contributed by atoms with Gasteiger partial charge in [-0.1, -0.05) is 6.07 Å². The van der Waals surface area contributed by atoms with E-state index in [0.29, 0.717) is 36.6 Å². The first kappa shape index (κ1) is 23.3. The molecule has 10 nitrogen and oxygen atoms in total. The average Bonchev–Trinajstić information content (AvgIpc) is 3.31. The van der Waals surface area contributed by atoms with E-state index in [4.69, 9.17) is 15.2 Å². The lowest BCUT2D eigenvalue weighted by atomic mass is 10.1. The van der Waals surface area contributed by atoms with Crippen molar-refractivity contribution < 1.29 is 19.1 Å². The summed E-state index contributed by atoms with van der Waals surface area (Å²) in [5, 5.41) is 8.46. The van der Waals surface area contributed by atoms with Crippen LogP contribution in [0, 0.1) is 6.92 Å². The molecule has 0 radical (unpaired) electrons. The Balaban J connectivity index is 1.52. The number of likely N-dealkylation sites (tertiary alicyclic amines) is 1. The number of aryl methyl sites for hydroxylation is 2. The predicted molar refractivity (Wildman–Crippen MR) is 128 cm³/mol. The Kier molecular flexibility index (Phi) is 6.07. The molecule has 0 bridgehead atoms. The number of nitrogens with zero attached hydrogens (tertiary/aromatic N) is 4. The van der Waals surface area contributed by atoms with Crippen LogP contribution in [0.5, 0.6) is 5.75 Å². The smallest absolute Gasteiger partial charge is 0.410 e. The summed E-state index contributed by atoms with van der Waals surface area (Å²) in [5.74, 6) is 0.0654. The molecule has 3 heterocycles. The molecule has 1 aliphatic heterocycles. The number of rotatable bonds is 5. The molecule has 1 aliphatic rings. The van der Waals surface area contributed by atoms with Crippen LogP contribution in [-0.2, 0) is 11.8 Å². The summed E-state index contributed by atoms with van der Waals surface area (Å²) < 4.78 is 13.3. The fourth-order valence-electron chi connectivity index (χ4n) is 4.03.